The van der Waals surface area contributed by atoms with Gasteiger partial charge in [0.1, 0.15) is 0 Å². The second-order valence-corrected chi connectivity index (χ2v) is 3.73. The maximum Gasteiger partial charge on any atom is 0.258 e. The molecule has 0 aliphatic carbocycles. The molecule has 76 valence electrons. The molecule has 1 saturated heterocycles. The molecule has 1 aliphatic heterocycles. The van der Waals surface area contributed by atoms with E-state index in [-0.39, 0.29) is 11.8 Å². The minimum absolute atomic E-state index is 0.150. The molecule has 0 bridgehead atoms. The van der Waals surface area contributed by atoms with E-state index >= 15 is 0 Å². The fourth-order valence-corrected chi connectivity index (χ4v) is 1.66. The molecule has 0 radical (unpaired) electrons. The van der Waals surface area contributed by atoms with Crippen molar-refractivity contribution in [2.75, 3.05) is 6.54 Å². The molecule has 0 N–H and O–H groups in total. The molecule has 0 aromatic heterocycles. The van der Waals surface area contributed by atoms with Gasteiger partial charge >= 0.3 is 0 Å². The lowest BCUT2D eigenvalue weighted by Crippen LogP contribution is -2.41. The Bertz CT molecular complexity index is 194. The molecule has 1 fully saturated rings. The zero-order chi connectivity index (χ0) is 10.0. The van der Waals surface area contributed by atoms with Gasteiger partial charge < -0.3 is 4.90 Å². The van der Waals surface area contributed by atoms with Crippen LogP contribution in [0.4, 0.5) is 8.78 Å². The van der Waals surface area contributed by atoms with E-state index in [1.165, 1.54) is 4.90 Å². The van der Waals surface area contributed by atoms with Gasteiger partial charge in [-0.25, -0.2) is 8.78 Å². The van der Waals surface area contributed by atoms with Crippen molar-refractivity contribution in [3.05, 3.63) is 0 Å². The number of carbonyl (C=O) groups is 1. The van der Waals surface area contributed by atoms with Crippen LogP contribution in [0.15, 0.2) is 0 Å². The first kappa shape index (κ1) is 10.4. The van der Waals surface area contributed by atoms with E-state index in [4.69, 9.17) is 0 Å². The van der Waals surface area contributed by atoms with E-state index in [0.717, 1.165) is 0 Å². The van der Waals surface area contributed by atoms with Crippen molar-refractivity contribution in [1.29, 1.82) is 0 Å². The molecule has 0 aromatic rings. The van der Waals surface area contributed by atoms with Gasteiger partial charge in [0.05, 0.1) is 6.04 Å². The minimum Gasteiger partial charge on any atom is -0.334 e. The van der Waals surface area contributed by atoms with Crippen LogP contribution in [-0.2, 0) is 4.79 Å². The van der Waals surface area contributed by atoms with E-state index in [1.54, 1.807) is 13.8 Å². The summed E-state index contributed by atoms with van der Waals surface area (Å²) >= 11 is 0. The number of carbonyl (C=O) groups excluding carboxylic acids is 1. The lowest BCUT2D eigenvalue weighted by Gasteiger charge is -2.25. The number of alkyl halides is 2. The summed E-state index contributed by atoms with van der Waals surface area (Å²) in [6, 6.07) is -0.838. The molecular formula is C9H15F2NO. The lowest BCUT2D eigenvalue weighted by molar-refractivity contribution is -0.138. The highest BCUT2D eigenvalue weighted by Gasteiger charge is 2.35. The van der Waals surface area contributed by atoms with Gasteiger partial charge in [0.2, 0.25) is 5.91 Å². The summed E-state index contributed by atoms with van der Waals surface area (Å²) in [7, 11) is 0. The number of likely N-dealkylation sites (tertiary alicyclic amines) is 1. The highest BCUT2D eigenvalue weighted by molar-refractivity contribution is 5.78. The molecule has 1 amide bonds. The number of nitrogens with zero attached hydrogens (tertiary/aromatic N) is 1. The van der Waals surface area contributed by atoms with Gasteiger partial charge in [-0.15, -0.1) is 0 Å². The van der Waals surface area contributed by atoms with Crippen LogP contribution in [0.5, 0.6) is 0 Å². The average Bonchev–Trinajstić information content (AvgIpc) is 2.50. The van der Waals surface area contributed by atoms with Gasteiger partial charge in [0.25, 0.3) is 6.43 Å². The monoisotopic (exact) mass is 191 g/mol. The summed E-state index contributed by atoms with van der Waals surface area (Å²) in [6.45, 7) is 3.97. The molecule has 0 aromatic carbocycles. The number of amides is 1. The molecule has 13 heavy (non-hydrogen) atoms. The predicted octanol–water partition coefficient (Wildman–Crippen LogP) is 1.90. The van der Waals surface area contributed by atoms with Gasteiger partial charge in [-0.05, 0) is 12.8 Å². The molecule has 1 aliphatic rings. The Morgan fingerprint density at radius 1 is 1.46 bits per heavy atom. The first-order valence-corrected chi connectivity index (χ1v) is 4.62. The maximum atomic E-state index is 12.4. The quantitative estimate of drug-likeness (QED) is 0.652. The molecule has 1 atom stereocenters. The maximum absolute atomic E-state index is 12.4. The molecule has 1 rings (SSSR count). The average molecular weight is 191 g/mol. The molecular weight excluding hydrogens is 176 g/mol. The molecule has 0 saturated carbocycles. The summed E-state index contributed by atoms with van der Waals surface area (Å²) in [4.78, 5) is 12.8. The summed E-state index contributed by atoms with van der Waals surface area (Å²) in [5, 5.41) is 0. The Kier molecular flexibility index (Phi) is 3.22. The number of halogens is 2. The Labute approximate surface area is 76.9 Å². The Balaban J connectivity index is 2.63. The highest BCUT2D eigenvalue weighted by atomic mass is 19.3. The Morgan fingerprint density at radius 2 is 2.08 bits per heavy atom. The van der Waals surface area contributed by atoms with Gasteiger partial charge in [-0.2, -0.15) is 0 Å². The fourth-order valence-electron chi connectivity index (χ4n) is 1.66. The fraction of sp³-hybridized carbons (Fsp3) is 0.889. The van der Waals surface area contributed by atoms with Crippen molar-refractivity contribution >= 4 is 5.91 Å². The van der Waals surface area contributed by atoms with Gasteiger partial charge in [0.15, 0.2) is 0 Å². The zero-order valence-electron chi connectivity index (χ0n) is 7.96. The number of hydrogen-bond acceptors (Lipinski definition) is 1. The van der Waals surface area contributed by atoms with Crippen LogP contribution in [-0.4, -0.2) is 29.8 Å². The predicted molar refractivity (Wildman–Crippen MR) is 45.6 cm³/mol. The lowest BCUT2D eigenvalue weighted by atomic mass is 10.1. The van der Waals surface area contributed by atoms with Crippen molar-refractivity contribution in [3.63, 3.8) is 0 Å². The van der Waals surface area contributed by atoms with E-state index < -0.39 is 12.5 Å². The first-order chi connectivity index (χ1) is 6.04. The van der Waals surface area contributed by atoms with Crippen LogP contribution in [0.3, 0.4) is 0 Å². The normalized spacial score (nSPS) is 23.2. The van der Waals surface area contributed by atoms with Crippen molar-refractivity contribution < 1.29 is 13.6 Å². The van der Waals surface area contributed by atoms with Crippen LogP contribution < -0.4 is 0 Å². The number of hydrogen-bond donors (Lipinski definition) is 0. The second-order valence-electron chi connectivity index (χ2n) is 3.73. The second kappa shape index (κ2) is 4.03. The van der Waals surface area contributed by atoms with Crippen molar-refractivity contribution in [2.45, 2.75) is 39.2 Å². The zero-order valence-corrected chi connectivity index (χ0v) is 7.96. The third kappa shape index (κ3) is 2.17. The van der Waals surface area contributed by atoms with Gasteiger partial charge in [0, 0.05) is 12.5 Å². The largest absolute Gasteiger partial charge is 0.334 e. The molecule has 4 heteroatoms. The molecule has 0 spiro atoms. The van der Waals surface area contributed by atoms with Crippen LogP contribution in [0.1, 0.15) is 26.7 Å². The number of rotatable bonds is 2. The SMILES string of the molecule is CC(C)C(=O)N1CCC[C@@H]1C(F)F. The minimum atomic E-state index is -2.40. The van der Waals surface area contributed by atoms with Crippen LogP contribution in [0, 0.1) is 5.92 Å². The van der Waals surface area contributed by atoms with E-state index in [2.05, 4.69) is 0 Å². The summed E-state index contributed by atoms with van der Waals surface area (Å²) < 4.78 is 24.8. The molecule has 0 unspecified atom stereocenters. The van der Waals surface area contributed by atoms with Crippen LogP contribution in [0.2, 0.25) is 0 Å². The topological polar surface area (TPSA) is 20.3 Å². The van der Waals surface area contributed by atoms with E-state index in [1.807, 2.05) is 0 Å². The third-order valence-electron chi connectivity index (χ3n) is 2.37. The summed E-state index contributed by atoms with van der Waals surface area (Å²) in [5.41, 5.74) is 0. The summed E-state index contributed by atoms with van der Waals surface area (Å²) in [6.07, 6.45) is -1.26. The van der Waals surface area contributed by atoms with Gasteiger partial charge in [-0.1, -0.05) is 13.8 Å². The van der Waals surface area contributed by atoms with Crippen LogP contribution >= 0.6 is 0 Å². The Hall–Kier alpha value is -0.670. The first-order valence-electron chi connectivity index (χ1n) is 4.62. The van der Waals surface area contributed by atoms with E-state index in [9.17, 15) is 13.6 Å². The van der Waals surface area contributed by atoms with Crippen LogP contribution in [0.25, 0.3) is 0 Å². The van der Waals surface area contributed by atoms with Crippen molar-refractivity contribution in [1.82, 2.24) is 4.90 Å². The molecule has 2 nitrogen and oxygen atoms in total. The standard InChI is InChI=1S/C9H15F2NO/c1-6(2)9(13)12-5-3-4-7(12)8(10)11/h6-8H,3-5H2,1-2H3/t7-/m1/s1. The summed E-state index contributed by atoms with van der Waals surface area (Å²) in [5.74, 6) is -0.331. The van der Waals surface area contributed by atoms with Gasteiger partial charge in [-0.3, -0.25) is 4.79 Å². The van der Waals surface area contributed by atoms with E-state index in [0.29, 0.717) is 19.4 Å². The van der Waals surface area contributed by atoms with Crippen molar-refractivity contribution in [2.24, 2.45) is 5.92 Å². The Morgan fingerprint density at radius 3 is 2.54 bits per heavy atom. The van der Waals surface area contributed by atoms with Crippen molar-refractivity contribution in [3.8, 4) is 0 Å². The smallest absolute Gasteiger partial charge is 0.258 e. The highest BCUT2D eigenvalue weighted by Crippen LogP contribution is 2.24. The molecule has 1 heterocycles. The third-order valence-corrected chi connectivity index (χ3v) is 2.37.